The molecule has 0 aliphatic carbocycles. The van der Waals surface area contributed by atoms with Crippen molar-refractivity contribution in [2.24, 2.45) is 0 Å². The second kappa shape index (κ2) is 9.36. The number of nitrogens with one attached hydrogen (secondary N) is 1. The summed E-state index contributed by atoms with van der Waals surface area (Å²) < 4.78 is 8.35. The zero-order valence-electron chi connectivity index (χ0n) is 11.0. The van der Waals surface area contributed by atoms with Crippen molar-refractivity contribution in [3.8, 4) is 17.2 Å². The van der Waals surface area contributed by atoms with Gasteiger partial charge < -0.3 is 14.9 Å². The maximum atomic E-state index is 11.0. The fourth-order valence-corrected chi connectivity index (χ4v) is 2.24. The minimum absolute atomic E-state index is 0. The molecule has 0 bridgehead atoms. The van der Waals surface area contributed by atoms with Crippen LogP contribution >= 0.6 is 22.9 Å². The Morgan fingerprint density at radius 1 is 1.09 bits per heavy atom. The van der Waals surface area contributed by atoms with Crippen molar-refractivity contribution in [1.29, 1.82) is 0 Å². The number of ether oxygens (including phenoxy) is 1. The number of halogens is 1. The van der Waals surface area contributed by atoms with E-state index < -0.39 is 12.0 Å². The molecule has 112 valence electrons. The minimum atomic E-state index is -0.881. The molecule has 1 unspecified atom stereocenters. The Labute approximate surface area is 164 Å². The van der Waals surface area contributed by atoms with Crippen LogP contribution in [0.2, 0.25) is 0 Å². The van der Waals surface area contributed by atoms with E-state index in [9.17, 15) is 9.90 Å². The van der Waals surface area contributed by atoms with E-state index in [4.69, 9.17) is 9.84 Å². The van der Waals surface area contributed by atoms with Gasteiger partial charge in [-0.2, -0.15) is 0 Å². The van der Waals surface area contributed by atoms with Gasteiger partial charge >= 0.3 is 35.5 Å². The van der Waals surface area contributed by atoms with Crippen LogP contribution in [-0.4, -0.2) is 51.8 Å². The summed E-state index contributed by atoms with van der Waals surface area (Å²) >= 11 is 1.84. The molecule has 2 aromatic carbocycles. The third kappa shape index (κ3) is 5.77. The fourth-order valence-electron chi connectivity index (χ4n) is 1.75. The fraction of sp³-hybridized carbons (Fsp3) is 0.133. The summed E-state index contributed by atoms with van der Waals surface area (Å²) in [6.45, 7) is 0. The molecule has 0 aliphatic heterocycles. The topological polar surface area (TPSA) is 78.8 Å². The molecule has 0 saturated carbocycles. The van der Waals surface area contributed by atoms with Gasteiger partial charge in [0.2, 0.25) is 0 Å². The molecule has 1 atom stereocenters. The number of phenols is 1. The first-order valence-corrected chi connectivity index (χ1v) is 7.31. The first-order valence-electron chi connectivity index (χ1n) is 6.23. The molecule has 0 saturated heterocycles. The SMILES string of the molecule is O=C(O)C(Cc1ccc(Oc2ccc(O)cc2)cc1)NI.[NaH]. The number of carbonyl (C=O) groups is 1. The van der Waals surface area contributed by atoms with E-state index in [1.54, 1.807) is 36.4 Å². The summed E-state index contributed by atoms with van der Waals surface area (Å²) in [6.07, 6.45) is 0.401. The number of phenolic OH excluding ortho intramolecular Hbond substituents is 1. The van der Waals surface area contributed by atoms with Gasteiger partial charge in [0.25, 0.3) is 0 Å². The average molecular weight is 423 g/mol. The molecular weight excluding hydrogens is 408 g/mol. The van der Waals surface area contributed by atoms with Crippen LogP contribution in [0.15, 0.2) is 48.5 Å². The van der Waals surface area contributed by atoms with Crippen LogP contribution in [0, 0.1) is 0 Å². The molecule has 2 rings (SSSR count). The van der Waals surface area contributed by atoms with E-state index in [1.165, 1.54) is 0 Å². The van der Waals surface area contributed by atoms with E-state index >= 15 is 0 Å². The van der Waals surface area contributed by atoms with E-state index in [-0.39, 0.29) is 35.3 Å². The van der Waals surface area contributed by atoms with Crippen LogP contribution in [-0.2, 0) is 11.2 Å². The molecule has 0 heterocycles. The Bertz CT molecular complexity index is 604. The number of aromatic hydroxyl groups is 1. The number of aliphatic carboxylic acids is 1. The maximum absolute atomic E-state index is 11.0. The van der Waals surface area contributed by atoms with Crippen molar-refractivity contribution in [2.45, 2.75) is 12.5 Å². The van der Waals surface area contributed by atoms with Crippen molar-refractivity contribution in [3.05, 3.63) is 54.1 Å². The van der Waals surface area contributed by atoms with Gasteiger partial charge in [-0.05, 0) is 48.4 Å². The van der Waals surface area contributed by atoms with Crippen molar-refractivity contribution in [3.63, 3.8) is 0 Å². The van der Waals surface area contributed by atoms with Crippen molar-refractivity contribution >= 4 is 58.4 Å². The van der Waals surface area contributed by atoms with Crippen LogP contribution in [0.5, 0.6) is 17.2 Å². The Kier molecular flexibility index (Phi) is 8.19. The average Bonchev–Trinajstić information content (AvgIpc) is 2.48. The van der Waals surface area contributed by atoms with Gasteiger partial charge in [-0.25, -0.2) is 3.53 Å². The standard InChI is InChI=1S/C15H14INO4.Na.H/c16-17-14(15(19)20)9-10-1-5-12(6-2-10)21-13-7-3-11(18)4-8-13;;/h1-8,14,17-18H,9H2,(H,19,20);;. The summed E-state index contributed by atoms with van der Waals surface area (Å²) in [5.41, 5.74) is 0.907. The van der Waals surface area contributed by atoms with E-state index in [0.29, 0.717) is 17.9 Å². The zero-order valence-corrected chi connectivity index (χ0v) is 13.1. The van der Waals surface area contributed by atoms with Gasteiger partial charge in [0.1, 0.15) is 23.3 Å². The second-order valence-corrected chi connectivity index (χ2v) is 5.07. The number of carboxylic acids is 1. The number of hydrogen-bond donors (Lipinski definition) is 3. The van der Waals surface area contributed by atoms with Crippen LogP contribution in [0.4, 0.5) is 0 Å². The van der Waals surface area contributed by atoms with Gasteiger partial charge in [-0.1, -0.05) is 12.1 Å². The van der Waals surface area contributed by atoms with Crippen molar-refractivity contribution in [1.82, 2.24) is 3.53 Å². The van der Waals surface area contributed by atoms with Crippen LogP contribution in [0.1, 0.15) is 5.56 Å². The Balaban J connectivity index is 0.00000242. The molecule has 7 heteroatoms. The molecule has 2 aromatic rings. The van der Waals surface area contributed by atoms with Crippen LogP contribution in [0.3, 0.4) is 0 Å². The third-order valence-electron chi connectivity index (χ3n) is 2.87. The third-order valence-corrected chi connectivity index (χ3v) is 3.62. The quantitative estimate of drug-likeness (QED) is 0.378. The van der Waals surface area contributed by atoms with Crippen molar-refractivity contribution in [2.75, 3.05) is 0 Å². The van der Waals surface area contributed by atoms with Crippen LogP contribution in [0.25, 0.3) is 0 Å². The Hall–Kier alpha value is -0.800. The summed E-state index contributed by atoms with van der Waals surface area (Å²) in [5, 5.41) is 18.2. The van der Waals surface area contributed by atoms with Gasteiger partial charge in [-0.3, -0.25) is 4.79 Å². The number of benzene rings is 2. The monoisotopic (exact) mass is 423 g/mol. The number of rotatable bonds is 6. The van der Waals surface area contributed by atoms with E-state index in [1.807, 2.05) is 35.0 Å². The summed E-state index contributed by atoms with van der Waals surface area (Å²) in [5.74, 6) is 0.578. The first-order chi connectivity index (χ1) is 10.1. The van der Waals surface area contributed by atoms with E-state index in [2.05, 4.69) is 3.53 Å². The molecule has 0 amide bonds. The van der Waals surface area contributed by atoms with Crippen molar-refractivity contribution < 1.29 is 19.7 Å². The molecule has 0 radical (unpaired) electrons. The molecule has 0 aromatic heterocycles. The van der Waals surface area contributed by atoms with Gasteiger partial charge in [0.05, 0.1) is 0 Å². The molecule has 22 heavy (non-hydrogen) atoms. The number of carboxylic acid groups (broad SMARTS) is 1. The summed E-state index contributed by atoms with van der Waals surface area (Å²) in [4.78, 5) is 11.0. The molecule has 0 aliphatic rings. The molecule has 0 spiro atoms. The Morgan fingerprint density at radius 2 is 1.59 bits per heavy atom. The van der Waals surface area contributed by atoms with E-state index in [0.717, 1.165) is 5.56 Å². The van der Waals surface area contributed by atoms with Gasteiger partial charge in [0.15, 0.2) is 0 Å². The summed E-state index contributed by atoms with van der Waals surface area (Å²) in [7, 11) is 0. The molecular formula is C15H15INNaO4. The first kappa shape index (κ1) is 19.2. The molecule has 5 nitrogen and oxygen atoms in total. The Morgan fingerprint density at radius 3 is 2.05 bits per heavy atom. The molecule has 3 N–H and O–H groups in total. The van der Waals surface area contributed by atoms with Gasteiger partial charge in [-0.15, -0.1) is 0 Å². The zero-order chi connectivity index (χ0) is 15.2. The second-order valence-electron chi connectivity index (χ2n) is 4.44. The normalized spacial score (nSPS) is 11.3. The predicted molar refractivity (Wildman–Crippen MR) is 94.1 cm³/mol. The predicted octanol–water partition coefficient (Wildman–Crippen LogP) is 2.47. The summed E-state index contributed by atoms with van der Waals surface area (Å²) in [6, 6.07) is 13.1. The van der Waals surface area contributed by atoms with Crippen LogP contribution < -0.4 is 8.27 Å². The number of hydrogen-bond acceptors (Lipinski definition) is 4. The molecule has 0 fully saturated rings. The van der Waals surface area contributed by atoms with Gasteiger partial charge in [0, 0.05) is 22.9 Å².